The summed E-state index contributed by atoms with van der Waals surface area (Å²) >= 11 is 6.05. The largest absolute Gasteiger partial charge is 0.339 e. The van der Waals surface area contributed by atoms with E-state index in [0.717, 1.165) is 48.4 Å². The van der Waals surface area contributed by atoms with Crippen molar-refractivity contribution in [2.75, 3.05) is 18.4 Å². The molecule has 3 aromatic rings. The Morgan fingerprint density at radius 3 is 2.16 bits per heavy atom. The van der Waals surface area contributed by atoms with Crippen molar-refractivity contribution >= 4 is 29.2 Å². The molecule has 2 amide bonds. The smallest absolute Gasteiger partial charge is 0.253 e. The van der Waals surface area contributed by atoms with E-state index in [-0.39, 0.29) is 11.8 Å². The molecule has 1 aliphatic rings. The maximum absolute atomic E-state index is 12.9. The van der Waals surface area contributed by atoms with E-state index in [1.165, 1.54) is 19.8 Å². The third kappa shape index (κ3) is 4.70. The van der Waals surface area contributed by atoms with Crippen molar-refractivity contribution in [2.24, 2.45) is 0 Å². The Morgan fingerprint density at radius 2 is 1.56 bits per heavy atom. The maximum Gasteiger partial charge on any atom is 0.253 e. The van der Waals surface area contributed by atoms with Crippen molar-refractivity contribution in [1.29, 1.82) is 0 Å². The van der Waals surface area contributed by atoms with Gasteiger partial charge in [0.1, 0.15) is 5.82 Å². The van der Waals surface area contributed by atoms with E-state index in [1.807, 2.05) is 60.4 Å². The van der Waals surface area contributed by atoms with Gasteiger partial charge in [-0.2, -0.15) is 5.10 Å². The molecule has 7 heteroatoms. The van der Waals surface area contributed by atoms with Gasteiger partial charge in [-0.05, 0) is 61.7 Å². The maximum atomic E-state index is 12.9. The summed E-state index contributed by atoms with van der Waals surface area (Å²) in [6.45, 7) is 5.01. The molecule has 0 unspecified atom stereocenters. The summed E-state index contributed by atoms with van der Waals surface area (Å²) in [5, 5.41) is 8.25. The minimum atomic E-state index is -0.186. The number of carbonyl (C=O) groups is 2. The number of benzene rings is 2. The molecule has 1 aliphatic heterocycles. The summed E-state index contributed by atoms with van der Waals surface area (Å²) < 4.78 is 1.71. The van der Waals surface area contributed by atoms with Gasteiger partial charge in [0.15, 0.2) is 0 Å². The first-order chi connectivity index (χ1) is 15.4. The van der Waals surface area contributed by atoms with Crippen LogP contribution in [0.5, 0.6) is 0 Å². The lowest BCUT2D eigenvalue weighted by Crippen LogP contribution is -2.31. The van der Waals surface area contributed by atoms with E-state index in [9.17, 15) is 9.59 Å². The van der Waals surface area contributed by atoms with E-state index >= 15 is 0 Å². The third-order valence-corrected chi connectivity index (χ3v) is 5.99. The fourth-order valence-corrected chi connectivity index (χ4v) is 4.29. The Labute approximate surface area is 193 Å². The molecule has 0 atom stereocenters. The van der Waals surface area contributed by atoms with E-state index in [2.05, 4.69) is 10.4 Å². The third-order valence-electron chi connectivity index (χ3n) is 5.74. The lowest BCUT2D eigenvalue weighted by molar-refractivity contribution is -0.114. The zero-order chi connectivity index (χ0) is 22.7. The molecule has 6 nitrogen and oxygen atoms in total. The van der Waals surface area contributed by atoms with Crippen LogP contribution in [0.4, 0.5) is 5.82 Å². The van der Waals surface area contributed by atoms with Gasteiger partial charge in [0.05, 0.1) is 11.4 Å². The molecular formula is C25H27ClN4O2. The monoisotopic (exact) mass is 450 g/mol. The Morgan fingerprint density at radius 1 is 0.938 bits per heavy atom. The second-order valence-electron chi connectivity index (χ2n) is 8.16. The van der Waals surface area contributed by atoms with E-state index in [4.69, 9.17) is 11.6 Å². The number of nitrogens with one attached hydrogen (secondary N) is 1. The summed E-state index contributed by atoms with van der Waals surface area (Å²) in [4.78, 5) is 26.8. The Balaban J connectivity index is 1.68. The number of anilines is 1. The Bertz CT molecular complexity index is 1110. The summed E-state index contributed by atoms with van der Waals surface area (Å²) in [5.74, 6) is 0.470. The fourth-order valence-electron chi connectivity index (χ4n) is 4.16. The molecule has 1 saturated heterocycles. The van der Waals surface area contributed by atoms with Crippen molar-refractivity contribution in [3.8, 4) is 16.8 Å². The van der Waals surface area contributed by atoms with Gasteiger partial charge in [-0.25, -0.2) is 4.68 Å². The highest BCUT2D eigenvalue weighted by atomic mass is 35.5. The molecular weight excluding hydrogens is 424 g/mol. The first-order valence-corrected chi connectivity index (χ1v) is 11.3. The number of likely N-dealkylation sites (tertiary alicyclic amines) is 1. The van der Waals surface area contributed by atoms with E-state index in [1.54, 1.807) is 4.68 Å². The van der Waals surface area contributed by atoms with Gasteiger partial charge < -0.3 is 10.2 Å². The highest BCUT2D eigenvalue weighted by Gasteiger charge is 2.21. The normalized spacial score (nSPS) is 14.2. The summed E-state index contributed by atoms with van der Waals surface area (Å²) in [5.41, 5.74) is 3.96. The molecule has 2 aromatic carbocycles. The predicted octanol–water partition coefficient (Wildman–Crippen LogP) is 5.48. The molecule has 2 heterocycles. The van der Waals surface area contributed by atoms with E-state index in [0.29, 0.717) is 16.4 Å². The van der Waals surface area contributed by atoms with Crippen LogP contribution in [0.1, 0.15) is 48.7 Å². The highest BCUT2D eigenvalue weighted by Crippen LogP contribution is 2.34. The van der Waals surface area contributed by atoms with Crippen LogP contribution in [0.3, 0.4) is 0 Å². The standard InChI is InChI=1S/C25H27ClN4O2/c1-17-23(19-7-11-21(26)12-8-19)24(27-18(2)31)30(28-17)22-13-9-20(10-14-22)25(32)29-15-5-3-4-6-16-29/h7-14H,3-6,15-16H2,1-2H3,(H,27,31). The average Bonchev–Trinajstić information content (AvgIpc) is 2.95. The van der Waals surface area contributed by atoms with Crippen molar-refractivity contribution < 1.29 is 9.59 Å². The molecule has 1 aromatic heterocycles. The van der Waals surface area contributed by atoms with Gasteiger partial charge >= 0.3 is 0 Å². The minimum absolute atomic E-state index is 0.0685. The van der Waals surface area contributed by atoms with Crippen LogP contribution in [0.15, 0.2) is 48.5 Å². The number of amides is 2. The number of aryl methyl sites for hydroxylation is 1. The average molecular weight is 451 g/mol. The highest BCUT2D eigenvalue weighted by molar-refractivity contribution is 6.30. The van der Waals surface area contributed by atoms with Crippen molar-refractivity contribution in [3.63, 3.8) is 0 Å². The lowest BCUT2D eigenvalue weighted by Gasteiger charge is -2.20. The summed E-state index contributed by atoms with van der Waals surface area (Å²) in [7, 11) is 0. The topological polar surface area (TPSA) is 67.2 Å². The molecule has 0 aliphatic carbocycles. The minimum Gasteiger partial charge on any atom is -0.339 e. The van der Waals surface area contributed by atoms with Gasteiger partial charge in [-0.15, -0.1) is 0 Å². The first kappa shape index (κ1) is 22.1. The van der Waals surface area contributed by atoms with Crippen LogP contribution in [-0.2, 0) is 4.79 Å². The number of halogens is 1. The van der Waals surface area contributed by atoms with Crippen LogP contribution >= 0.6 is 11.6 Å². The molecule has 1 N–H and O–H groups in total. The summed E-state index contributed by atoms with van der Waals surface area (Å²) in [6, 6.07) is 14.8. The van der Waals surface area contributed by atoms with E-state index < -0.39 is 0 Å². The van der Waals surface area contributed by atoms with Gasteiger partial charge in [-0.1, -0.05) is 36.6 Å². The molecule has 0 saturated carbocycles. The number of aromatic nitrogens is 2. The quantitative estimate of drug-likeness (QED) is 0.572. The SMILES string of the molecule is CC(=O)Nc1c(-c2ccc(Cl)cc2)c(C)nn1-c1ccc(C(=O)N2CCCCCC2)cc1. The van der Waals surface area contributed by atoms with Gasteiger partial charge in [0.2, 0.25) is 5.91 Å². The van der Waals surface area contributed by atoms with Crippen LogP contribution in [0.25, 0.3) is 16.8 Å². The second-order valence-corrected chi connectivity index (χ2v) is 8.60. The van der Waals surface area contributed by atoms with Crippen molar-refractivity contribution in [2.45, 2.75) is 39.5 Å². The number of rotatable bonds is 4. The Hall–Kier alpha value is -3.12. The Kier molecular flexibility index (Phi) is 6.61. The predicted molar refractivity (Wildman–Crippen MR) is 127 cm³/mol. The fraction of sp³-hybridized carbons (Fsp3) is 0.320. The van der Waals surface area contributed by atoms with Gasteiger partial charge in [0.25, 0.3) is 5.91 Å². The summed E-state index contributed by atoms with van der Waals surface area (Å²) in [6.07, 6.45) is 4.49. The van der Waals surface area contributed by atoms with Gasteiger partial charge in [-0.3, -0.25) is 9.59 Å². The molecule has 4 rings (SSSR count). The first-order valence-electron chi connectivity index (χ1n) is 11.0. The second kappa shape index (κ2) is 9.57. The van der Waals surface area contributed by atoms with Crippen LogP contribution < -0.4 is 5.32 Å². The molecule has 0 bridgehead atoms. The van der Waals surface area contributed by atoms with Crippen LogP contribution in [0.2, 0.25) is 5.02 Å². The van der Waals surface area contributed by atoms with Crippen molar-refractivity contribution in [3.05, 3.63) is 64.8 Å². The molecule has 0 spiro atoms. The zero-order valence-electron chi connectivity index (χ0n) is 18.4. The van der Waals surface area contributed by atoms with Crippen LogP contribution in [0, 0.1) is 6.92 Å². The zero-order valence-corrected chi connectivity index (χ0v) is 19.2. The van der Waals surface area contributed by atoms with Crippen molar-refractivity contribution in [1.82, 2.24) is 14.7 Å². The molecule has 166 valence electrons. The molecule has 1 fully saturated rings. The number of nitrogens with zero attached hydrogens (tertiary/aromatic N) is 3. The molecule has 32 heavy (non-hydrogen) atoms. The lowest BCUT2D eigenvalue weighted by atomic mass is 10.1. The number of hydrogen-bond donors (Lipinski definition) is 1. The number of hydrogen-bond acceptors (Lipinski definition) is 3. The molecule has 0 radical (unpaired) electrons. The van der Waals surface area contributed by atoms with Gasteiger partial charge in [0, 0.05) is 36.2 Å². The number of carbonyl (C=O) groups excluding carboxylic acids is 2. The van der Waals surface area contributed by atoms with Crippen LogP contribution in [-0.4, -0.2) is 39.6 Å².